The summed E-state index contributed by atoms with van der Waals surface area (Å²) >= 11 is 0. The highest BCUT2D eigenvalue weighted by Gasteiger charge is 2.23. The first-order valence-electron chi connectivity index (χ1n) is 9.50. The molecule has 0 saturated heterocycles. The molecular formula is C23H26N2O3. The zero-order chi connectivity index (χ0) is 20.1. The molecule has 0 aliphatic rings. The minimum absolute atomic E-state index is 0.0871. The van der Waals surface area contributed by atoms with Gasteiger partial charge in [-0.25, -0.2) is 0 Å². The van der Waals surface area contributed by atoms with Crippen molar-refractivity contribution in [3.8, 4) is 5.75 Å². The second-order valence-corrected chi connectivity index (χ2v) is 7.01. The number of nitrogens with one attached hydrogen (secondary N) is 1. The molecule has 0 saturated carbocycles. The van der Waals surface area contributed by atoms with Crippen molar-refractivity contribution in [2.75, 3.05) is 0 Å². The van der Waals surface area contributed by atoms with E-state index in [4.69, 9.17) is 9.26 Å². The van der Waals surface area contributed by atoms with E-state index < -0.39 is 0 Å². The molecule has 1 atom stereocenters. The number of aromatic nitrogens is 1. The topological polar surface area (TPSA) is 64.4 Å². The Morgan fingerprint density at radius 2 is 1.64 bits per heavy atom. The average Bonchev–Trinajstić information content (AvgIpc) is 3.07. The zero-order valence-electron chi connectivity index (χ0n) is 16.8. The van der Waals surface area contributed by atoms with Crippen molar-refractivity contribution >= 4 is 5.91 Å². The standard InChI is InChI=1S/C23H26N2O3/c1-5-21(18-10-6-15(2)7-11-18)24-23(26)22-20(17(4)28-25-22)14-27-19-12-8-16(3)9-13-19/h6-13,21H,5,14H2,1-4H3,(H,24,26). The van der Waals surface area contributed by atoms with Crippen molar-refractivity contribution in [2.45, 2.75) is 46.8 Å². The van der Waals surface area contributed by atoms with Crippen LogP contribution in [0.2, 0.25) is 0 Å². The van der Waals surface area contributed by atoms with Gasteiger partial charge in [-0.05, 0) is 44.9 Å². The lowest BCUT2D eigenvalue weighted by atomic mass is 10.0. The Labute approximate surface area is 165 Å². The third-order valence-corrected chi connectivity index (χ3v) is 4.80. The summed E-state index contributed by atoms with van der Waals surface area (Å²) in [5, 5.41) is 7.03. The number of hydrogen-bond donors (Lipinski definition) is 1. The first-order valence-corrected chi connectivity index (χ1v) is 9.50. The lowest BCUT2D eigenvalue weighted by Crippen LogP contribution is -2.29. The van der Waals surface area contributed by atoms with Gasteiger partial charge in [-0.1, -0.05) is 59.6 Å². The summed E-state index contributed by atoms with van der Waals surface area (Å²) < 4.78 is 11.1. The molecule has 0 aliphatic carbocycles. The smallest absolute Gasteiger partial charge is 0.274 e. The van der Waals surface area contributed by atoms with Crippen LogP contribution in [0.4, 0.5) is 0 Å². The van der Waals surface area contributed by atoms with Crippen molar-refractivity contribution in [1.29, 1.82) is 0 Å². The molecule has 28 heavy (non-hydrogen) atoms. The minimum Gasteiger partial charge on any atom is -0.489 e. The summed E-state index contributed by atoms with van der Waals surface area (Å²) in [6, 6.07) is 15.9. The van der Waals surface area contributed by atoms with Crippen LogP contribution >= 0.6 is 0 Å². The summed E-state index contributed by atoms with van der Waals surface area (Å²) in [6.45, 7) is 8.12. The van der Waals surface area contributed by atoms with E-state index in [1.807, 2.05) is 69.3 Å². The Kier molecular flexibility index (Phi) is 6.14. The predicted molar refractivity (Wildman–Crippen MR) is 108 cm³/mol. The van der Waals surface area contributed by atoms with Gasteiger partial charge in [-0.2, -0.15) is 0 Å². The van der Waals surface area contributed by atoms with E-state index in [0.29, 0.717) is 11.3 Å². The average molecular weight is 378 g/mol. The van der Waals surface area contributed by atoms with Crippen LogP contribution in [-0.4, -0.2) is 11.1 Å². The third kappa shape index (κ3) is 4.60. The van der Waals surface area contributed by atoms with Gasteiger partial charge in [0.2, 0.25) is 0 Å². The molecule has 1 heterocycles. The molecule has 0 radical (unpaired) electrons. The fourth-order valence-electron chi connectivity index (χ4n) is 2.98. The molecule has 3 rings (SSSR count). The van der Waals surface area contributed by atoms with E-state index >= 15 is 0 Å². The number of rotatable bonds is 7. The predicted octanol–water partition coefficient (Wildman–Crippen LogP) is 5.06. The number of carbonyl (C=O) groups is 1. The molecule has 1 amide bonds. The van der Waals surface area contributed by atoms with Gasteiger partial charge >= 0.3 is 0 Å². The van der Waals surface area contributed by atoms with Gasteiger partial charge in [0.15, 0.2) is 5.69 Å². The fourth-order valence-corrected chi connectivity index (χ4v) is 2.98. The second-order valence-electron chi connectivity index (χ2n) is 7.01. The molecule has 0 aliphatic heterocycles. The van der Waals surface area contributed by atoms with Crippen LogP contribution in [-0.2, 0) is 6.61 Å². The van der Waals surface area contributed by atoms with Crippen LogP contribution in [0.1, 0.15) is 57.9 Å². The van der Waals surface area contributed by atoms with Gasteiger partial charge < -0.3 is 14.6 Å². The van der Waals surface area contributed by atoms with E-state index in [9.17, 15) is 4.79 Å². The molecule has 1 unspecified atom stereocenters. The number of benzene rings is 2. The highest BCUT2D eigenvalue weighted by atomic mass is 16.5. The van der Waals surface area contributed by atoms with Gasteiger partial charge in [0, 0.05) is 0 Å². The van der Waals surface area contributed by atoms with E-state index in [-0.39, 0.29) is 24.2 Å². The Balaban J connectivity index is 1.72. The summed E-state index contributed by atoms with van der Waals surface area (Å²) in [6.07, 6.45) is 0.779. The molecule has 0 bridgehead atoms. The van der Waals surface area contributed by atoms with Gasteiger partial charge in [-0.15, -0.1) is 0 Å². The molecule has 5 nitrogen and oxygen atoms in total. The maximum atomic E-state index is 12.9. The largest absolute Gasteiger partial charge is 0.489 e. The summed E-state index contributed by atoms with van der Waals surface area (Å²) in [4.78, 5) is 12.9. The molecule has 1 N–H and O–H groups in total. The van der Waals surface area contributed by atoms with Crippen LogP contribution in [0.25, 0.3) is 0 Å². The van der Waals surface area contributed by atoms with Crippen molar-refractivity contribution in [3.63, 3.8) is 0 Å². The highest BCUT2D eigenvalue weighted by molar-refractivity contribution is 5.94. The zero-order valence-corrected chi connectivity index (χ0v) is 16.8. The summed E-state index contributed by atoms with van der Waals surface area (Å²) in [5.74, 6) is 1.07. The first kappa shape index (κ1) is 19.7. The van der Waals surface area contributed by atoms with Crippen LogP contribution in [0.5, 0.6) is 5.75 Å². The van der Waals surface area contributed by atoms with Gasteiger partial charge in [0.05, 0.1) is 11.6 Å². The van der Waals surface area contributed by atoms with Crippen LogP contribution in [0.3, 0.4) is 0 Å². The van der Waals surface area contributed by atoms with Crippen LogP contribution in [0, 0.1) is 20.8 Å². The Morgan fingerprint density at radius 3 is 2.25 bits per heavy atom. The molecule has 3 aromatic rings. The van der Waals surface area contributed by atoms with E-state index in [1.54, 1.807) is 6.92 Å². The molecule has 0 spiro atoms. The first-order chi connectivity index (χ1) is 13.5. The van der Waals surface area contributed by atoms with Gasteiger partial charge in [0.1, 0.15) is 18.1 Å². The summed E-state index contributed by atoms with van der Waals surface area (Å²) in [7, 11) is 0. The quantitative estimate of drug-likeness (QED) is 0.624. The fraction of sp³-hybridized carbons (Fsp3) is 0.304. The SMILES string of the molecule is CCC(NC(=O)c1noc(C)c1COc1ccc(C)cc1)c1ccc(C)cc1. The van der Waals surface area contributed by atoms with Crippen molar-refractivity contribution in [1.82, 2.24) is 10.5 Å². The number of carbonyl (C=O) groups excluding carboxylic acids is 1. The molecule has 1 aromatic heterocycles. The van der Waals surface area contributed by atoms with E-state index in [0.717, 1.165) is 23.3 Å². The lowest BCUT2D eigenvalue weighted by Gasteiger charge is -2.17. The van der Waals surface area contributed by atoms with Crippen LogP contribution < -0.4 is 10.1 Å². The van der Waals surface area contributed by atoms with Crippen molar-refractivity contribution in [2.24, 2.45) is 0 Å². The van der Waals surface area contributed by atoms with Crippen molar-refractivity contribution in [3.05, 3.63) is 82.2 Å². The van der Waals surface area contributed by atoms with E-state index in [2.05, 4.69) is 10.5 Å². The third-order valence-electron chi connectivity index (χ3n) is 4.80. The maximum Gasteiger partial charge on any atom is 0.274 e. The van der Waals surface area contributed by atoms with Gasteiger partial charge in [-0.3, -0.25) is 4.79 Å². The normalized spacial score (nSPS) is 11.9. The Morgan fingerprint density at radius 1 is 1.04 bits per heavy atom. The van der Waals surface area contributed by atoms with Crippen molar-refractivity contribution < 1.29 is 14.1 Å². The molecule has 0 fully saturated rings. The molecule has 2 aromatic carbocycles. The monoisotopic (exact) mass is 378 g/mol. The molecule has 146 valence electrons. The summed E-state index contributed by atoms with van der Waals surface area (Å²) in [5.41, 5.74) is 4.36. The number of amides is 1. The maximum absolute atomic E-state index is 12.9. The van der Waals surface area contributed by atoms with E-state index in [1.165, 1.54) is 5.56 Å². The number of ether oxygens (including phenoxy) is 1. The second kappa shape index (κ2) is 8.74. The Hall–Kier alpha value is -3.08. The molecule has 5 heteroatoms. The molecular weight excluding hydrogens is 352 g/mol. The number of nitrogens with zero attached hydrogens (tertiary/aromatic N) is 1. The lowest BCUT2D eigenvalue weighted by molar-refractivity contribution is 0.0924. The minimum atomic E-state index is -0.258. The Bertz CT molecular complexity index is 927. The number of hydrogen-bond acceptors (Lipinski definition) is 4. The van der Waals surface area contributed by atoms with Gasteiger partial charge in [0.25, 0.3) is 5.91 Å². The number of aryl methyl sites for hydroxylation is 3. The van der Waals surface area contributed by atoms with Crippen LogP contribution in [0.15, 0.2) is 53.1 Å². The highest BCUT2D eigenvalue weighted by Crippen LogP contribution is 2.21.